The minimum Gasteiger partial charge on any atom is -0.491 e. The second-order valence-corrected chi connectivity index (χ2v) is 4.12. The first-order chi connectivity index (χ1) is 6.38. The van der Waals surface area contributed by atoms with Crippen LogP contribution in [0.2, 0.25) is 0 Å². The monoisotopic (exact) mass is 195 g/mol. The third kappa shape index (κ3) is 3.26. The molecule has 0 radical (unpaired) electrons. The lowest BCUT2D eigenvalue weighted by Gasteiger charge is -2.18. The Hall–Kier alpha value is -1.22. The number of nitrogens with two attached hydrogens (primary N) is 1. The van der Waals surface area contributed by atoms with Gasteiger partial charge in [-0.25, -0.2) is 0 Å². The van der Waals surface area contributed by atoms with Crippen molar-refractivity contribution in [3.05, 3.63) is 23.8 Å². The number of benzene rings is 1. The molecule has 78 valence electrons. The van der Waals surface area contributed by atoms with Crippen molar-refractivity contribution in [2.45, 2.75) is 26.4 Å². The maximum Gasteiger partial charge on any atom is 0.119 e. The van der Waals surface area contributed by atoms with E-state index in [4.69, 9.17) is 10.5 Å². The van der Waals surface area contributed by atoms with E-state index in [0.717, 1.165) is 17.0 Å². The van der Waals surface area contributed by atoms with Gasteiger partial charge in [-0.1, -0.05) is 0 Å². The molecule has 0 aromatic heterocycles. The molecule has 0 spiro atoms. The number of rotatable bonds is 3. The van der Waals surface area contributed by atoms with E-state index in [9.17, 15) is 5.11 Å². The van der Waals surface area contributed by atoms with Gasteiger partial charge >= 0.3 is 0 Å². The Balaban J connectivity index is 2.65. The zero-order chi connectivity index (χ0) is 10.8. The largest absolute Gasteiger partial charge is 0.491 e. The van der Waals surface area contributed by atoms with Gasteiger partial charge in [0.2, 0.25) is 0 Å². The molecule has 0 aliphatic rings. The summed E-state index contributed by atoms with van der Waals surface area (Å²) in [5.41, 5.74) is 6.59. The highest BCUT2D eigenvalue weighted by atomic mass is 16.5. The van der Waals surface area contributed by atoms with Crippen LogP contribution in [0.4, 0.5) is 5.69 Å². The van der Waals surface area contributed by atoms with E-state index in [-0.39, 0.29) is 6.61 Å². The van der Waals surface area contributed by atoms with Crippen LogP contribution in [0, 0.1) is 6.92 Å². The normalized spacial score (nSPS) is 11.4. The first-order valence-electron chi connectivity index (χ1n) is 4.60. The summed E-state index contributed by atoms with van der Waals surface area (Å²) in [7, 11) is 0. The number of anilines is 1. The Bertz CT molecular complexity index is 316. The van der Waals surface area contributed by atoms with Crippen molar-refractivity contribution in [2.75, 3.05) is 12.3 Å². The minimum absolute atomic E-state index is 0.274. The van der Waals surface area contributed by atoms with E-state index >= 15 is 0 Å². The molecule has 1 rings (SSSR count). The van der Waals surface area contributed by atoms with Crippen LogP contribution in [0.25, 0.3) is 0 Å². The summed E-state index contributed by atoms with van der Waals surface area (Å²) in [5.74, 6) is 0.735. The number of hydrogen-bond donors (Lipinski definition) is 2. The van der Waals surface area contributed by atoms with Gasteiger partial charge in [0.15, 0.2) is 0 Å². The Morgan fingerprint density at radius 2 is 2.07 bits per heavy atom. The molecule has 0 heterocycles. The van der Waals surface area contributed by atoms with Gasteiger partial charge in [0, 0.05) is 5.69 Å². The Morgan fingerprint density at radius 1 is 1.43 bits per heavy atom. The van der Waals surface area contributed by atoms with Gasteiger partial charge in [-0.05, 0) is 44.5 Å². The van der Waals surface area contributed by atoms with E-state index in [2.05, 4.69) is 0 Å². The summed E-state index contributed by atoms with van der Waals surface area (Å²) in [6, 6.07) is 5.46. The van der Waals surface area contributed by atoms with Crippen LogP contribution in [0.1, 0.15) is 19.4 Å². The van der Waals surface area contributed by atoms with Crippen molar-refractivity contribution in [2.24, 2.45) is 0 Å². The Morgan fingerprint density at radius 3 is 2.57 bits per heavy atom. The lowest BCUT2D eigenvalue weighted by molar-refractivity contribution is 0.0285. The lowest BCUT2D eigenvalue weighted by Crippen LogP contribution is -2.27. The van der Waals surface area contributed by atoms with E-state index in [1.165, 1.54) is 0 Å². The van der Waals surface area contributed by atoms with Gasteiger partial charge in [-0.2, -0.15) is 0 Å². The molecule has 14 heavy (non-hydrogen) atoms. The van der Waals surface area contributed by atoms with E-state index < -0.39 is 5.60 Å². The molecule has 0 saturated carbocycles. The summed E-state index contributed by atoms with van der Waals surface area (Å²) >= 11 is 0. The first-order valence-corrected chi connectivity index (χ1v) is 4.60. The van der Waals surface area contributed by atoms with Crippen molar-refractivity contribution < 1.29 is 9.84 Å². The van der Waals surface area contributed by atoms with Gasteiger partial charge in [-0.15, -0.1) is 0 Å². The van der Waals surface area contributed by atoms with Crippen LogP contribution in [0.15, 0.2) is 18.2 Å². The van der Waals surface area contributed by atoms with Gasteiger partial charge in [0.1, 0.15) is 12.4 Å². The number of ether oxygens (including phenoxy) is 1. The molecule has 0 amide bonds. The standard InChI is InChI=1S/C11H17NO2/c1-8-6-9(4-5-10(8)12)14-7-11(2,3)13/h4-6,13H,7,12H2,1-3H3. The van der Waals surface area contributed by atoms with Gasteiger partial charge < -0.3 is 15.6 Å². The second kappa shape index (κ2) is 3.88. The highest BCUT2D eigenvalue weighted by molar-refractivity contribution is 5.49. The predicted octanol–water partition coefficient (Wildman–Crippen LogP) is 1.73. The Kier molecular flexibility index (Phi) is 3.01. The highest BCUT2D eigenvalue weighted by Gasteiger charge is 2.13. The summed E-state index contributed by atoms with van der Waals surface area (Å²) in [5, 5.41) is 9.45. The topological polar surface area (TPSA) is 55.5 Å². The maximum atomic E-state index is 9.45. The number of aliphatic hydroxyl groups is 1. The van der Waals surface area contributed by atoms with Crippen molar-refractivity contribution in [1.29, 1.82) is 0 Å². The smallest absolute Gasteiger partial charge is 0.119 e. The first kappa shape index (κ1) is 10.9. The van der Waals surface area contributed by atoms with Crippen molar-refractivity contribution in [1.82, 2.24) is 0 Å². The quantitative estimate of drug-likeness (QED) is 0.722. The summed E-state index contributed by atoms with van der Waals surface area (Å²) in [6.45, 7) is 5.61. The minimum atomic E-state index is -0.810. The van der Waals surface area contributed by atoms with Crippen LogP contribution in [0.3, 0.4) is 0 Å². The Labute approximate surface area is 84.5 Å². The highest BCUT2D eigenvalue weighted by Crippen LogP contribution is 2.19. The van der Waals surface area contributed by atoms with Crippen LogP contribution in [-0.2, 0) is 0 Å². The van der Waals surface area contributed by atoms with E-state index in [1.54, 1.807) is 26.0 Å². The zero-order valence-electron chi connectivity index (χ0n) is 8.87. The molecule has 0 saturated heterocycles. The van der Waals surface area contributed by atoms with Crippen LogP contribution in [-0.4, -0.2) is 17.3 Å². The molecule has 0 fully saturated rings. The molecule has 3 heteroatoms. The molecular weight excluding hydrogens is 178 g/mol. The molecule has 0 aliphatic carbocycles. The third-order valence-electron chi connectivity index (χ3n) is 1.83. The van der Waals surface area contributed by atoms with Gasteiger partial charge in [0.05, 0.1) is 5.60 Å². The fourth-order valence-corrected chi connectivity index (χ4v) is 0.998. The maximum absolute atomic E-state index is 9.45. The molecule has 0 atom stereocenters. The predicted molar refractivity (Wildman–Crippen MR) is 57.4 cm³/mol. The average molecular weight is 195 g/mol. The fraction of sp³-hybridized carbons (Fsp3) is 0.455. The molecule has 1 aromatic carbocycles. The zero-order valence-corrected chi connectivity index (χ0v) is 8.87. The molecule has 3 N–H and O–H groups in total. The fourth-order valence-electron chi connectivity index (χ4n) is 0.998. The summed E-state index contributed by atoms with van der Waals surface area (Å²) in [4.78, 5) is 0. The van der Waals surface area contributed by atoms with E-state index in [1.807, 2.05) is 13.0 Å². The molecule has 0 bridgehead atoms. The van der Waals surface area contributed by atoms with E-state index in [0.29, 0.717) is 0 Å². The van der Waals surface area contributed by atoms with Crippen molar-refractivity contribution >= 4 is 5.69 Å². The lowest BCUT2D eigenvalue weighted by atomic mass is 10.1. The van der Waals surface area contributed by atoms with Crippen LogP contribution < -0.4 is 10.5 Å². The molecule has 3 nitrogen and oxygen atoms in total. The van der Waals surface area contributed by atoms with Crippen molar-refractivity contribution in [3.8, 4) is 5.75 Å². The van der Waals surface area contributed by atoms with Crippen LogP contribution >= 0.6 is 0 Å². The molecular formula is C11H17NO2. The number of hydrogen-bond acceptors (Lipinski definition) is 3. The third-order valence-corrected chi connectivity index (χ3v) is 1.83. The summed E-state index contributed by atoms with van der Waals surface area (Å²) in [6.07, 6.45) is 0. The average Bonchev–Trinajstić information content (AvgIpc) is 2.06. The van der Waals surface area contributed by atoms with Gasteiger partial charge in [0.25, 0.3) is 0 Å². The SMILES string of the molecule is Cc1cc(OCC(C)(C)O)ccc1N. The molecule has 0 unspecified atom stereocenters. The van der Waals surface area contributed by atoms with Crippen LogP contribution in [0.5, 0.6) is 5.75 Å². The molecule has 1 aromatic rings. The van der Waals surface area contributed by atoms with Crippen molar-refractivity contribution in [3.63, 3.8) is 0 Å². The second-order valence-electron chi connectivity index (χ2n) is 4.12. The van der Waals surface area contributed by atoms with Gasteiger partial charge in [-0.3, -0.25) is 0 Å². The molecule has 0 aliphatic heterocycles. The number of aryl methyl sites for hydroxylation is 1. The summed E-state index contributed by atoms with van der Waals surface area (Å²) < 4.78 is 5.40. The number of nitrogen functional groups attached to an aromatic ring is 1.